The minimum Gasteiger partial charge on any atom is -0.481 e. The quantitative estimate of drug-likeness (QED) is 0.165. The van der Waals surface area contributed by atoms with Crippen LogP contribution >= 0.6 is 11.6 Å². The van der Waals surface area contributed by atoms with Crippen LogP contribution in [0.3, 0.4) is 0 Å². The molecule has 1 aliphatic heterocycles. The maximum absolute atomic E-state index is 14.6. The molecule has 0 amide bonds. The van der Waals surface area contributed by atoms with E-state index in [9.17, 15) is 27.6 Å². The fourth-order valence-electron chi connectivity index (χ4n) is 7.65. The average Bonchev–Trinajstić information content (AvgIpc) is 3.45. The zero-order valence-electron chi connectivity index (χ0n) is 27.6. The lowest BCUT2D eigenvalue weighted by Crippen LogP contribution is -2.49. The summed E-state index contributed by atoms with van der Waals surface area (Å²) in [6.07, 6.45) is -1.94. The number of halogens is 4. The van der Waals surface area contributed by atoms with E-state index in [-0.39, 0.29) is 25.1 Å². The molecule has 6 rings (SSSR count). The highest BCUT2D eigenvalue weighted by atomic mass is 35.5. The van der Waals surface area contributed by atoms with Crippen LogP contribution in [0.5, 0.6) is 0 Å². The van der Waals surface area contributed by atoms with Gasteiger partial charge in [-0.05, 0) is 86.6 Å². The second kappa shape index (κ2) is 15.0. The largest absolute Gasteiger partial charge is 0.481 e. The molecule has 2 aliphatic rings. The van der Waals surface area contributed by atoms with Crippen LogP contribution in [0.4, 0.5) is 13.2 Å². The smallest absolute Gasteiger partial charge is 0.416 e. The Labute approximate surface area is 293 Å². The van der Waals surface area contributed by atoms with Crippen molar-refractivity contribution in [1.82, 2.24) is 19.4 Å². The first-order chi connectivity index (χ1) is 23.9. The van der Waals surface area contributed by atoms with Crippen LogP contribution in [-0.2, 0) is 42.4 Å². The maximum Gasteiger partial charge on any atom is 0.416 e. The van der Waals surface area contributed by atoms with Gasteiger partial charge in [-0.25, -0.2) is 4.79 Å². The molecule has 0 radical (unpaired) electrons. The lowest BCUT2D eigenvalue weighted by atomic mass is 9.74. The lowest BCUT2D eigenvalue weighted by Gasteiger charge is -2.40. The molecule has 264 valence electrons. The van der Waals surface area contributed by atoms with Crippen molar-refractivity contribution in [3.63, 3.8) is 0 Å². The van der Waals surface area contributed by atoms with Crippen molar-refractivity contribution in [3.8, 4) is 0 Å². The fraction of sp³-hybridized carbons (Fsp3) is 0.395. The van der Waals surface area contributed by atoms with E-state index in [1.807, 2.05) is 54.6 Å². The molecule has 1 aliphatic carbocycles. The zero-order chi connectivity index (χ0) is 35.5. The van der Waals surface area contributed by atoms with Gasteiger partial charge in [-0.1, -0.05) is 72.3 Å². The number of piperidine rings is 1. The topological polar surface area (TPSA) is 96.6 Å². The number of carboxylic acids is 1. The Bertz CT molecular complexity index is 1950. The summed E-state index contributed by atoms with van der Waals surface area (Å²) < 4.78 is 45.0. The molecule has 1 aromatic heterocycles. The number of likely N-dealkylation sites (tertiary alicyclic amines) is 1. The molecular weight excluding hydrogens is 669 g/mol. The third-order valence-corrected chi connectivity index (χ3v) is 10.4. The summed E-state index contributed by atoms with van der Waals surface area (Å²) in [5, 5.41) is 13.1. The predicted molar refractivity (Wildman–Crippen MR) is 186 cm³/mol. The predicted octanol–water partition coefficient (Wildman–Crippen LogP) is 6.41. The van der Waals surface area contributed by atoms with Crippen molar-refractivity contribution in [2.45, 2.75) is 75.8 Å². The van der Waals surface area contributed by atoms with Gasteiger partial charge in [0.2, 0.25) is 0 Å². The van der Waals surface area contributed by atoms with Gasteiger partial charge in [0.05, 0.1) is 24.7 Å². The highest BCUT2D eigenvalue weighted by molar-refractivity contribution is 6.30. The number of hydrogen-bond acceptors (Lipinski definition) is 5. The molecule has 1 spiro atoms. The van der Waals surface area contributed by atoms with E-state index in [1.165, 1.54) is 27.3 Å². The molecule has 2 N–H and O–H groups in total. The van der Waals surface area contributed by atoms with Gasteiger partial charge in [-0.2, -0.15) is 13.2 Å². The van der Waals surface area contributed by atoms with Crippen molar-refractivity contribution in [1.29, 1.82) is 0 Å². The SMILES string of the molecule is O=C(O)CCCN[C@@H](Cn1c(=O)c2c(n(Cc3ccccc3C(F)(F)F)c1=O)CCC21CCN(Cc2cccc(Cl)c2)CC1)c1ccccc1. The van der Waals surface area contributed by atoms with Gasteiger partial charge in [0.25, 0.3) is 5.56 Å². The molecule has 0 bridgehead atoms. The normalized spacial score (nSPS) is 16.4. The Morgan fingerprint density at radius 1 is 0.920 bits per heavy atom. The number of nitrogens with one attached hydrogen (secondary N) is 1. The van der Waals surface area contributed by atoms with Crippen LogP contribution in [0, 0.1) is 0 Å². The minimum absolute atomic E-state index is 0.0433. The number of alkyl halides is 3. The van der Waals surface area contributed by atoms with Crippen LogP contribution in [0.15, 0.2) is 88.5 Å². The Balaban J connectivity index is 1.40. The summed E-state index contributed by atoms with van der Waals surface area (Å²) in [7, 11) is 0. The number of fused-ring (bicyclic) bond motifs is 2. The Morgan fingerprint density at radius 3 is 2.34 bits per heavy atom. The van der Waals surface area contributed by atoms with E-state index in [1.54, 1.807) is 0 Å². The monoisotopic (exact) mass is 708 g/mol. The van der Waals surface area contributed by atoms with E-state index in [0.29, 0.717) is 74.6 Å². The third kappa shape index (κ3) is 7.75. The number of aromatic nitrogens is 2. The molecule has 1 fully saturated rings. The summed E-state index contributed by atoms with van der Waals surface area (Å²) in [5.74, 6) is -0.927. The Morgan fingerprint density at radius 2 is 1.64 bits per heavy atom. The van der Waals surface area contributed by atoms with Crippen LogP contribution in [0.25, 0.3) is 0 Å². The summed E-state index contributed by atoms with van der Waals surface area (Å²) in [4.78, 5) is 42.5. The molecule has 2 heterocycles. The number of benzene rings is 3. The molecule has 0 saturated carbocycles. The lowest BCUT2D eigenvalue weighted by molar-refractivity contribution is -0.138. The summed E-state index contributed by atoms with van der Waals surface area (Å²) >= 11 is 6.22. The second-order valence-corrected chi connectivity index (χ2v) is 13.8. The van der Waals surface area contributed by atoms with Gasteiger partial charge in [0.15, 0.2) is 0 Å². The first-order valence-electron chi connectivity index (χ1n) is 16.9. The third-order valence-electron chi connectivity index (χ3n) is 10.2. The summed E-state index contributed by atoms with van der Waals surface area (Å²) in [6, 6.07) is 21.7. The van der Waals surface area contributed by atoms with Gasteiger partial charge in [-0.15, -0.1) is 0 Å². The first kappa shape index (κ1) is 35.6. The number of hydrogen-bond donors (Lipinski definition) is 2. The number of rotatable bonds is 12. The van der Waals surface area contributed by atoms with Gasteiger partial charge in [0.1, 0.15) is 0 Å². The molecule has 1 saturated heterocycles. The highest BCUT2D eigenvalue weighted by Crippen LogP contribution is 2.45. The molecule has 8 nitrogen and oxygen atoms in total. The fourth-order valence-corrected chi connectivity index (χ4v) is 7.86. The average molecular weight is 709 g/mol. The highest BCUT2D eigenvalue weighted by Gasteiger charge is 2.46. The number of aliphatic carboxylic acids is 1. The standard InChI is InChI=1S/C38H40ClF3N4O4/c39-29-12-6-8-26(22-29)23-44-20-17-37(18-21-44)16-15-32-34(37)35(49)46(25-31(27-9-2-1-3-10-27)43-19-7-14-33(47)48)36(50)45(32)24-28-11-4-5-13-30(28)38(40,41)42/h1-6,8-13,22,31,43H,7,14-21,23-25H2,(H,47,48)/t31-/m0/s1. The molecule has 4 aromatic rings. The Kier molecular flexibility index (Phi) is 10.7. The van der Waals surface area contributed by atoms with Gasteiger partial charge >= 0.3 is 17.8 Å². The number of nitrogens with zero attached hydrogens (tertiary/aromatic N) is 3. The molecule has 0 unspecified atom stereocenters. The minimum atomic E-state index is -4.62. The van der Waals surface area contributed by atoms with E-state index in [0.717, 1.165) is 17.2 Å². The number of carbonyl (C=O) groups is 1. The number of carboxylic acid groups (broad SMARTS) is 1. The Hall–Kier alpha value is -4.19. The van der Waals surface area contributed by atoms with E-state index >= 15 is 0 Å². The van der Waals surface area contributed by atoms with Crippen LogP contribution in [0.1, 0.15) is 71.7 Å². The van der Waals surface area contributed by atoms with Crippen molar-refractivity contribution in [3.05, 3.63) is 138 Å². The van der Waals surface area contributed by atoms with Crippen molar-refractivity contribution in [2.75, 3.05) is 19.6 Å². The summed E-state index contributed by atoms with van der Waals surface area (Å²) in [5.41, 5.74) is 0.490. The van der Waals surface area contributed by atoms with Crippen LogP contribution in [-0.4, -0.2) is 44.7 Å². The van der Waals surface area contributed by atoms with Crippen molar-refractivity contribution >= 4 is 17.6 Å². The van der Waals surface area contributed by atoms with Crippen molar-refractivity contribution < 1.29 is 23.1 Å². The van der Waals surface area contributed by atoms with Crippen molar-refractivity contribution in [2.24, 2.45) is 0 Å². The molecule has 3 aromatic carbocycles. The van der Waals surface area contributed by atoms with E-state index < -0.39 is 40.4 Å². The van der Waals surface area contributed by atoms with Crippen LogP contribution in [0.2, 0.25) is 5.02 Å². The van der Waals surface area contributed by atoms with E-state index in [4.69, 9.17) is 16.7 Å². The zero-order valence-corrected chi connectivity index (χ0v) is 28.3. The first-order valence-corrected chi connectivity index (χ1v) is 17.3. The van der Waals surface area contributed by atoms with Gasteiger partial charge in [0, 0.05) is 34.7 Å². The van der Waals surface area contributed by atoms with Gasteiger partial charge in [-0.3, -0.25) is 23.6 Å². The maximum atomic E-state index is 14.6. The van der Waals surface area contributed by atoms with E-state index in [2.05, 4.69) is 10.2 Å². The molecule has 1 atom stereocenters. The van der Waals surface area contributed by atoms with Gasteiger partial charge < -0.3 is 10.4 Å². The second-order valence-electron chi connectivity index (χ2n) is 13.4. The summed E-state index contributed by atoms with van der Waals surface area (Å²) in [6.45, 7) is 2.05. The molecular formula is C38H40ClF3N4O4. The molecule has 50 heavy (non-hydrogen) atoms. The van der Waals surface area contributed by atoms with Crippen LogP contribution < -0.4 is 16.6 Å². The molecule has 12 heteroatoms.